The quantitative estimate of drug-likeness (QED) is 0.848. The predicted molar refractivity (Wildman–Crippen MR) is 75.1 cm³/mol. The number of nitrogens with zero attached hydrogens (tertiary/aromatic N) is 2. The zero-order valence-corrected chi connectivity index (χ0v) is 12.2. The van der Waals surface area contributed by atoms with Crippen LogP contribution >= 0.6 is 0 Å². The van der Waals surface area contributed by atoms with Crippen LogP contribution in [0.25, 0.3) is 0 Å². The standard InChI is InChI=1S/C14H24N4O/c1-10-5-6-15-8-12(10)17-13(19)11-7-16-18(9-11)14(2,3)4/h7,9-10,12,15H,5-6,8H2,1-4H3,(H,17,19). The molecule has 0 bridgehead atoms. The summed E-state index contributed by atoms with van der Waals surface area (Å²) in [5.74, 6) is 0.485. The van der Waals surface area contributed by atoms with Gasteiger partial charge in [-0.1, -0.05) is 6.92 Å². The zero-order chi connectivity index (χ0) is 14.0. The van der Waals surface area contributed by atoms with Gasteiger partial charge in [0.1, 0.15) is 0 Å². The van der Waals surface area contributed by atoms with Gasteiger partial charge in [-0.05, 0) is 39.7 Å². The molecular weight excluding hydrogens is 240 g/mol. The first-order valence-electron chi connectivity index (χ1n) is 6.94. The molecule has 1 aromatic rings. The number of piperidine rings is 1. The highest BCUT2D eigenvalue weighted by molar-refractivity contribution is 5.93. The maximum Gasteiger partial charge on any atom is 0.254 e. The summed E-state index contributed by atoms with van der Waals surface area (Å²) in [6.45, 7) is 10.3. The van der Waals surface area contributed by atoms with Crippen molar-refractivity contribution in [3.05, 3.63) is 18.0 Å². The van der Waals surface area contributed by atoms with Crippen LogP contribution in [0.15, 0.2) is 12.4 Å². The smallest absolute Gasteiger partial charge is 0.254 e. The van der Waals surface area contributed by atoms with Crippen molar-refractivity contribution in [3.63, 3.8) is 0 Å². The molecule has 5 nitrogen and oxygen atoms in total. The van der Waals surface area contributed by atoms with Crippen molar-refractivity contribution in [1.82, 2.24) is 20.4 Å². The summed E-state index contributed by atoms with van der Waals surface area (Å²) in [4.78, 5) is 12.2. The van der Waals surface area contributed by atoms with Gasteiger partial charge < -0.3 is 10.6 Å². The molecular formula is C14H24N4O. The Balaban J connectivity index is 2.01. The lowest BCUT2D eigenvalue weighted by Crippen LogP contribution is -2.50. The summed E-state index contributed by atoms with van der Waals surface area (Å²) in [6.07, 6.45) is 4.56. The minimum atomic E-state index is -0.0990. The van der Waals surface area contributed by atoms with Crippen molar-refractivity contribution >= 4 is 5.91 Å². The van der Waals surface area contributed by atoms with E-state index in [4.69, 9.17) is 0 Å². The number of hydrogen-bond donors (Lipinski definition) is 2. The summed E-state index contributed by atoms with van der Waals surface area (Å²) in [7, 11) is 0. The summed E-state index contributed by atoms with van der Waals surface area (Å²) < 4.78 is 1.82. The Morgan fingerprint density at radius 2 is 2.26 bits per heavy atom. The van der Waals surface area contributed by atoms with E-state index in [-0.39, 0.29) is 17.5 Å². The first-order valence-corrected chi connectivity index (χ1v) is 6.94. The fourth-order valence-corrected chi connectivity index (χ4v) is 2.24. The van der Waals surface area contributed by atoms with Gasteiger partial charge in [0.25, 0.3) is 5.91 Å². The molecule has 1 saturated heterocycles. The highest BCUT2D eigenvalue weighted by atomic mass is 16.1. The van der Waals surface area contributed by atoms with E-state index in [0.29, 0.717) is 11.5 Å². The van der Waals surface area contributed by atoms with Crippen LogP contribution in [0, 0.1) is 5.92 Å². The first-order chi connectivity index (χ1) is 8.88. The number of hydrogen-bond acceptors (Lipinski definition) is 3. The van der Waals surface area contributed by atoms with Gasteiger partial charge in [0, 0.05) is 18.8 Å². The minimum Gasteiger partial charge on any atom is -0.348 e. The van der Waals surface area contributed by atoms with E-state index in [1.165, 1.54) is 0 Å². The van der Waals surface area contributed by atoms with Crippen LogP contribution in [0.3, 0.4) is 0 Å². The zero-order valence-electron chi connectivity index (χ0n) is 12.2. The topological polar surface area (TPSA) is 58.9 Å². The highest BCUT2D eigenvalue weighted by Gasteiger charge is 2.24. The van der Waals surface area contributed by atoms with Crippen LogP contribution in [0.1, 0.15) is 44.5 Å². The molecule has 2 atom stereocenters. The van der Waals surface area contributed by atoms with E-state index in [2.05, 4.69) is 43.4 Å². The second kappa shape index (κ2) is 5.33. The normalized spacial score (nSPS) is 24.2. The van der Waals surface area contributed by atoms with Gasteiger partial charge in [-0.2, -0.15) is 5.10 Å². The molecule has 2 rings (SSSR count). The van der Waals surface area contributed by atoms with Crippen LogP contribution in [0.4, 0.5) is 0 Å². The van der Waals surface area contributed by atoms with Gasteiger partial charge in [0.05, 0.1) is 17.3 Å². The second-order valence-corrected chi connectivity index (χ2v) is 6.39. The lowest BCUT2D eigenvalue weighted by atomic mass is 9.94. The average molecular weight is 264 g/mol. The van der Waals surface area contributed by atoms with Crippen molar-refractivity contribution in [1.29, 1.82) is 0 Å². The fraction of sp³-hybridized carbons (Fsp3) is 0.714. The number of amides is 1. The molecule has 0 aromatic carbocycles. The van der Waals surface area contributed by atoms with Gasteiger partial charge in [0.15, 0.2) is 0 Å². The van der Waals surface area contributed by atoms with E-state index in [9.17, 15) is 4.79 Å². The molecule has 19 heavy (non-hydrogen) atoms. The molecule has 0 radical (unpaired) electrons. The largest absolute Gasteiger partial charge is 0.348 e. The molecule has 0 spiro atoms. The Bertz CT molecular complexity index is 447. The molecule has 0 saturated carbocycles. The summed E-state index contributed by atoms with van der Waals surface area (Å²) in [5.41, 5.74) is 0.533. The third-order valence-electron chi connectivity index (χ3n) is 3.68. The van der Waals surface area contributed by atoms with Crippen LogP contribution in [0.2, 0.25) is 0 Å². The Morgan fingerprint density at radius 1 is 1.53 bits per heavy atom. The summed E-state index contributed by atoms with van der Waals surface area (Å²) in [6, 6.07) is 0.208. The molecule has 2 N–H and O–H groups in total. The second-order valence-electron chi connectivity index (χ2n) is 6.39. The molecule has 1 amide bonds. The van der Waals surface area contributed by atoms with E-state index in [1.807, 2.05) is 10.9 Å². The van der Waals surface area contributed by atoms with Crippen LogP contribution in [0.5, 0.6) is 0 Å². The van der Waals surface area contributed by atoms with Crippen LogP contribution < -0.4 is 10.6 Å². The Morgan fingerprint density at radius 3 is 2.84 bits per heavy atom. The SMILES string of the molecule is CC1CCNCC1NC(=O)c1cnn(C(C)(C)C)c1. The Labute approximate surface area is 114 Å². The van der Waals surface area contributed by atoms with Crippen molar-refractivity contribution < 1.29 is 4.79 Å². The lowest BCUT2D eigenvalue weighted by Gasteiger charge is -2.30. The number of aromatic nitrogens is 2. The lowest BCUT2D eigenvalue weighted by molar-refractivity contribution is 0.0915. The summed E-state index contributed by atoms with van der Waals surface area (Å²) >= 11 is 0. The monoisotopic (exact) mass is 264 g/mol. The third kappa shape index (κ3) is 3.35. The molecule has 0 aliphatic carbocycles. The van der Waals surface area contributed by atoms with Crippen molar-refractivity contribution in [2.45, 2.75) is 45.7 Å². The number of carbonyl (C=O) groups is 1. The van der Waals surface area contributed by atoms with Crippen molar-refractivity contribution in [2.75, 3.05) is 13.1 Å². The fourth-order valence-electron chi connectivity index (χ4n) is 2.24. The molecule has 2 unspecified atom stereocenters. The minimum absolute atomic E-state index is 0.0314. The molecule has 1 aliphatic rings. The molecule has 5 heteroatoms. The molecule has 106 valence electrons. The van der Waals surface area contributed by atoms with E-state index in [0.717, 1.165) is 19.5 Å². The van der Waals surface area contributed by atoms with Gasteiger partial charge in [-0.3, -0.25) is 9.48 Å². The molecule has 1 aromatic heterocycles. The number of rotatable bonds is 2. The first kappa shape index (κ1) is 14.1. The predicted octanol–water partition coefficient (Wildman–Crippen LogP) is 1.37. The Hall–Kier alpha value is -1.36. The Kier molecular flexibility index (Phi) is 3.94. The average Bonchev–Trinajstić information content (AvgIpc) is 2.81. The van der Waals surface area contributed by atoms with Gasteiger partial charge >= 0.3 is 0 Å². The van der Waals surface area contributed by atoms with Gasteiger partial charge in [0.2, 0.25) is 0 Å². The molecule has 1 fully saturated rings. The van der Waals surface area contributed by atoms with Gasteiger partial charge in [-0.15, -0.1) is 0 Å². The van der Waals surface area contributed by atoms with E-state index < -0.39 is 0 Å². The van der Waals surface area contributed by atoms with Crippen molar-refractivity contribution in [2.24, 2.45) is 5.92 Å². The maximum absolute atomic E-state index is 12.2. The number of nitrogens with one attached hydrogen (secondary N) is 2. The number of carbonyl (C=O) groups excluding carboxylic acids is 1. The maximum atomic E-state index is 12.2. The van der Waals surface area contributed by atoms with E-state index >= 15 is 0 Å². The van der Waals surface area contributed by atoms with E-state index in [1.54, 1.807) is 6.20 Å². The summed E-state index contributed by atoms with van der Waals surface area (Å²) in [5, 5.41) is 10.7. The highest BCUT2D eigenvalue weighted by Crippen LogP contribution is 2.15. The van der Waals surface area contributed by atoms with Gasteiger partial charge in [-0.25, -0.2) is 0 Å². The molecule has 2 heterocycles. The van der Waals surface area contributed by atoms with Crippen LogP contribution in [-0.4, -0.2) is 34.8 Å². The van der Waals surface area contributed by atoms with Crippen LogP contribution in [-0.2, 0) is 5.54 Å². The third-order valence-corrected chi connectivity index (χ3v) is 3.68. The van der Waals surface area contributed by atoms with Crippen molar-refractivity contribution in [3.8, 4) is 0 Å². The molecule has 1 aliphatic heterocycles.